The minimum absolute atomic E-state index is 0.528. The smallest absolute Gasteiger partial charge is 0.0317 e. The lowest BCUT2D eigenvalue weighted by atomic mass is 9.99. The Morgan fingerprint density at radius 3 is 1.81 bits per heavy atom. The van der Waals surface area contributed by atoms with Crippen molar-refractivity contribution in [3.63, 3.8) is 0 Å². The zero-order chi connectivity index (χ0) is 15.2. The van der Waals surface area contributed by atoms with Crippen molar-refractivity contribution in [2.75, 3.05) is 7.05 Å². The maximum Gasteiger partial charge on any atom is 0.0317 e. The number of unbranched alkanes of at least 4 members (excludes halogenated alkanes) is 9. The van der Waals surface area contributed by atoms with Crippen LogP contribution in [0.3, 0.4) is 0 Å². The number of hydrogen-bond acceptors (Lipinski definition) is 1. The van der Waals surface area contributed by atoms with Gasteiger partial charge in [0.25, 0.3) is 0 Å². The number of benzene rings is 1. The summed E-state index contributed by atoms with van der Waals surface area (Å²) in [7, 11) is 2.08. The maximum absolute atomic E-state index is 3.45. The van der Waals surface area contributed by atoms with Gasteiger partial charge in [-0.2, -0.15) is 0 Å². The van der Waals surface area contributed by atoms with Crippen molar-refractivity contribution in [2.45, 2.75) is 83.6 Å². The highest BCUT2D eigenvalue weighted by Crippen LogP contribution is 2.20. The predicted octanol–water partition coefficient (Wildman–Crippen LogP) is 6.26. The molecule has 0 heterocycles. The van der Waals surface area contributed by atoms with Gasteiger partial charge < -0.3 is 5.32 Å². The van der Waals surface area contributed by atoms with E-state index in [1.165, 1.54) is 76.2 Å². The lowest BCUT2D eigenvalue weighted by Crippen LogP contribution is -2.16. The van der Waals surface area contributed by atoms with Crippen LogP contribution in [0.15, 0.2) is 30.3 Å². The van der Waals surface area contributed by atoms with Crippen LogP contribution in [0.4, 0.5) is 0 Å². The first-order valence-electron chi connectivity index (χ1n) is 9.10. The van der Waals surface area contributed by atoms with E-state index < -0.39 is 0 Å². The molecular formula is C20H35N. The van der Waals surface area contributed by atoms with E-state index in [1.807, 2.05) is 0 Å². The van der Waals surface area contributed by atoms with Gasteiger partial charge in [0, 0.05) is 6.04 Å². The standard InChI is InChI=1S/C20H35N/c1-3-4-5-6-7-8-9-10-11-15-18-20(21-2)19-16-13-12-14-17-19/h12-14,16-17,20-21H,3-11,15,18H2,1-2H3. The molecule has 1 nitrogen and oxygen atoms in total. The molecule has 0 aliphatic carbocycles. The van der Waals surface area contributed by atoms with E-state index in [0.717, 1.165) is 0 Å². The van der Waals surface area contributed by atoms with Gasteiger partial charge in [0.2, 0.25) is 0 Å². The Balaban J connectivity index is 1.98. The van der Waals surface area contributed by atoms with E-state index >= 15 is 0 Å². The molecule has 1 aromatic carbocycles. The summed E-state index contributed by atoms with van der Waals surface area (Å²) in [5.41, 5.74) is 1.43. The van der Waals surface area contributed by atoms with Crippen LogP contribution in [0.2, 0.25) is 0 Å². The van der Waals surface area contributed by atoms with Crippen LogP contribution in [0.25, 0.3) is 0 Å². The van der Waals surface area contributed by atoms with E-state index in [2.05, 4.69) is 49.6 Å². The van der Waals surface area contributed by atoms with Crippen molar-refractivity contribution in [3.8, 4) is 0 Å². The molecule has 0 aliphatic rings. The third kappa shape index (κ3) is 8.93. The van der Waals surface area contributed by atoms with Gasteiger partial charge in [0.1, 0.15) is 0 Å². The van der Waals surface area contributed by atoms with Gasteiger partial charge >= 0.3 is 0 Å². The van der Waals surface area contributed by atoms with Gasteiger partial charge in [0.05, 0.1) is 0 Å². The maximum atomic E-state index is 3.45. The SMILES string of the molecule is CCCCCCCCCCCCC(NC)c1ccccc1. The monoisotopic (exact) mass is 289 g/mol. The van der Waals surface area contributed by atoms with Gasteiger partial charge in [-0.05, 0) is 19.0 Å². The molecule has 0 fully saturated rings. The molecule has 0 aromatic heterocycles. The Morgan fingerprint density at radius 2 is 1.29 bits per heavy atom. The molecule has 0 amide bonds. The fraction of sp³-hybridized carbons (Fsp3) is 0.700. The fourth-order valence-corrected chi connectivity index (χ4v) is 3.00. The summed E-state index contributed by atoms with van der Waals surface area (Å²) in [6.45, 7) is 2.29. The molecule has 0 aliphatic heterocycles. The second-order valence-corrected chi connectivity index (χ2v) is 6.22. The zero-order valence-corrected chi connectivity index (χ0v) is 14.2. The van der Waals surface area contributed by atoms with Crippen LogP contribution in [0, 0.1) is 0 Å². The summed E-state index contributed by atoms with van der Waals surface area (Å²) in [6, 6.07) is 11.4. The molecule has 0 saturated heterocycles. The minimum atomic E-state index is 0.528. The zero-order valence-electron chi connectivity index (χ0n) is 14.2. The molecule has 1 rings (SSSR count). The lowest BCUT2D eigenvalue weighted by Gasteiger charge is -2.16. The first-order chi connectivity index (χ1) is 10.4. The highest BCUT2D eigenvalue weighted by Gasteiger charge is 2.07. The van der Waals surface area contributed by atoms with Crippen LogP contribution in [0.5, 0.6) is 0 Å². The van der Waals surface area contributed by atoms with Crippen LogP contribution >= 0.6 is 0 Å². The van der Waals surface area contributed by atoms with E-state index in [4.69, 9.17) is 0 Å². The molecule has 21 heavy (non-hydrogen) atoms. The Hall–Kier alpha value is -0.820. The summed E-state index contributed by atoms with van der Waals surface area (Å²) in [4.78, 5) is 0. The third-order valence-corrected chi connectivity index (χ3v) is 4.40. The Morgan fingerprint density at radius 1 is 0.762 bits per heavy atom. The van der Waals surface area contributed by atoms with E-state index in [0.29, 0.717) is 6.04 Å². The van der Waals surface area contributed by atoms with Crippen LogP contribution in [0.1, 0.15) is 89.2 Å². The summed E-state index contributed by atoms with van der Waals surface area (Å²) < 4.78 is 0. The van der Waals surface area contributed by atoms with Crippen molar-refractivity contribution in [1.29, 1.82) is 0 Å². The van der Waals surface area contributed by atoms with Crippen LogP contribution < -0.4 is 5.32 Å². The quantitative estimate of drug-likeness (QED) is 0.423. The first-order valence-corrected chi connectivity index (χ1v) is 9.10. The van der Waals surface area contributed by atoms with Crippen LogP contribution in [-0.4, -0.2) is 7.05 Å². The first kappa shape index (κ1) is 18.2. The fourth-order valence-electron chi connectivity index (χ4n) is 3.00. The minimum Gasteiger partial charge on any atom is -0.313 e. The van der Waals surface area contributed by atoms with Gasteiger partial charge in [-0.15, -0.1) is 0 Å². The number of hydrogen-bond donors (Lipinski definition) is 1. The largest absolute Gasteiger partial charge is 0.313 e. The summed E-state index contributed by atoms with van der Waals surface area (Å²) in [5, 5.41) is 3.45. The highest BCUT2D eigenvalue weighted by molar-refractivity contribution is 5.18. The molecule has 1 aromatic rings. The Labute approximate surface area is 132 Å². The molecule has 1 N–H and O–H groups in total. The molecule has 1 heteroatoms. The lowest BCUT2D eigenvalue weighted by molar-refractivity contribution is 0.492. The topological polar surface area (TPSA) is 12.0 Å². The average Bonchev–Trinajstić information content (AvgIpc) is 2.54. The van der Waals surface area contributed by atoms with E-state index in [9.17, 15) is 0 Å². The highest BCUT2D eigenvalue weighted by atomic mass is 14.9. The average molecular weight is 290 g/mol. The molecule has 0 spiro atoms. The normalized spacial score (nSPS) is 12.5. The second-order valence-electron chi connectivity index (χ2n) is 6.22. The van der Waals surface area contributed by atoms with Gasteiger partial charge in [-0.3, -0.25) is 0 Å². The molecule has 0 radical (unpaired) electrons. The van der Waals surface area contributed by atoms with Crippen molar-refractivity contribution < 1.29 is 0 Å². The summed E-state index contributed by atoms with van der Waals surface area (Å²) >= 11 is 0. The predicted molar refractivity (Wildman–Crippen MR) is 94.7 cm³/mol. The Bertz CT molecular complexity index is 320. The van der Waals surface area contributed by atoms with Crippen molar-refractivity contribution in [3.05, 3.63) is 35.9 Å². The van der Waals surface area contributed by atoms with Gasteiger partial charge in [-0.1, -0.05) is 101 Å². The van der Waals surface area contributed by atoms with Crippen molar-refractivity contribution in [1.82, 2.24) is 5.32 Å². The summed E-state index contributed by atoms with van der Waals surface area (Å²) in [6.07, 6.45) is 15.4. The number of nitrogens with one attached hydrogen (secondary N) is 1. The molecule has 0 bridgehead atoms. The van der Waals surface area contributed by atoms with Gasteiger partial charge in [0.15, 0.2) is 0 Å². The number of rotatable bonds is 13. The van der Waals surface area contributed by atoms with E-state index in [1.54, 1.807) is 0 Å². The molecular weight excluding hydrogens is 254 g/mol. The van der Waals surface area contributed by atoms with Crippen molar-refractivity contribution in [2.24, 2.45) is 0 Å². The Kier molecular flexibility index (Phi) is 11.2. The second kappa shape index (κ2) is 12.9. The van der Waals surface area contributed by atoms with Crippen molar-refractivity contribution >= 4 is 0 Å². The third-order valence-electron chi connectivity index (χ3n) is 4.40. The molecule has 1 unspecified atom stereocenters. The molecule has 1 atom stereocenters. The van der Waals surface area contributed by atoms with E-state index in [-0.39, 0.29) is 0 Å². The summed E-state index contributed by atoms with van der Waals surface area (Å²) in [5.74, 6) is 0. The molecule has 0 saturated carbocycles. The van der Waals surface area contributed by atoms with Gasteiger partial charge in [-0.25, -0.2) is 0 Å². The molecule has 120 valence electrons. The van der Waals surface area contributed by atoms with Crippen LogP contribution in [-0.2, 0) is 0 Å².